The Hall–Kier alpha value is -1.02. The van der Waals surface area contributed by atoms with Crippen LogP contribution in [0.3, 0.4) is 0 Å². The minimum Gasteiger partial charge on any atom is -0.411 e. The van der Waals surface area contributed by atoms with Gasteiger partial charge in [-0.15, -0.1) is 0 Å². The van der Waals surface area contributed by atoms with Gasteiger partial charge in [0.1, 0.15) is 0 Å². The Morgan fingerprint density at radius 1 is 0.881 bits per heavy atom. The summed E-state index contributed by atoms with van der Waals surface area (Å²) in [6, 6.07) is 10.4. The number of benzene rings is 1. The van der Waals surface area contributed by atoms with Gasteiger partial charge in [-0.05, 0) is 87.9 Å². The Kier molecular flexibility index (Phi) is 15.3. The van der Waals surface area contributed by atoms with Crippen LogP contribution in [0.15, 0.2) is 42.5 Å². The van der Waals surface area contributed by atoms with Crippen molar-refractivity contribution < 1.29 is 23.7 Å². The molecule has 0 saturated carbocycles. The van der Waals surface area contributed by atoms with Gasteiger partial charge in [-0.2, -0.15) is 0 Å². The third kappa shape index (κ3) is 11.8. The van der Waals surface area contributed by atoms with E-state index in [9.17, 15) is 5.11 Å². The maximum absolute atomic E-state index is 10.8. The Labute approximate surface area is 258 Å². The lowest BCUT2D eigenvalue weighted by Crippen LogP contribution is -2.47. The molecule has 0 spiro atoms. The number of aliphatic hydroxyl groups is 1. The summed E-state index contributed by atoms with van der Waals surface area (Å²) in [7, 11) is -1.95. The molecule has 2 aliphatic heterocycles. The fourth-order valence-electron chi connectivity index (χ4n) is 5.89. The van der Waals surface area contributed by atoms with Gasteiger partial charge in [0, 0.05) is 6.61 Å². The maximum Gasteiger partial charge on any atom is 0.192 e. The highest BCUT2D eigenvalue weighted by atomic mass is 28.4. The monoisotopic (exact) mass is 602 g/mol. The van der Waals surface area contributed by atoms with E-state index in [1.165, 1.54) is 31.2 Å². The first kappa shape index (κ1) is 35.5. The van der Waals surface area contributed by atoms with Crippen LogP contribution in [-0.2, 0) is 25.2 Å². The number of rotatable bonds is 19. The number of unbranched alkanes of at least 4 members (excludes halogenated alkanes) is 4. The smallest absolute Gasteiger partial charge is 0.192 e. The van der Waals surface area contributed by atoms with Crippen molar-refractivity contribution in [3.05, 3.63) is 48.0 Å². The van der Waals surface area contributed by atoms with Gasteiger partial charge in [-0.3, -0.25) is 0 Å². The van der Waals surface area contributed by atoms with Crippen LogP contribution in [0.4, 0.5) is 0 Å². The lowest BCUT2D eigenvalue weighted by Gasteiger charge is -2.41. The molecule has 2 heterocycles. The van der Waals surface area contributed by atoms with Gasteiger partial charge >= 0.3 is 0 Å². The van der Waals surface area contributed by atoms with Gasteiger partial charge in [0.25, 0.3) is 0 Å². The molecule has 0 aliphatic carbocycles. The second-order valence-electron chi connectivity index (χ2n) is 14.1. The standard InChI is InChI=1S/C36H62O5Si/c1-7-8-9-10-11-12-13-17-21-30(37)31-23-24-32(39-31)33-25-26-34(40-33)35(41-42(5,6)36(2,3)4)22-18-27-38-28-29-19-15-14-16-20-29/h12-16,19-20,30-35,37H,7-11,17-18,21-28H2,1-6H3/b13-12+/t30-,31+,32+,33+,34-,35-/m1/s1. The van der Waals surface area contributed by atoms with Crippen molar-refractivity contribution in [3.8, 4) is 0 Å². The van der Waals surface area contributed by atoms with Crippen LogP contribution in [0.2, 0.25) is 18.1 Å². The zero-order chi connectivity index (χ0) is 30.4. The number of aliphatic hydroxyl groups excluding tert-OH is 1. The van der Waals surface area contributed by atoms with Gasteiger partial charge in [-0.1, -0.05) is 89.4 Å². The minimum absolute atomic E-state index is 0.0726. The molecule has 1 aromatic rings. The van der Waals surface area contributed by atoms with E-state index in [0.717, 1.165) is 64.4 Å². The molecule has 5 nitrogen and oxygen atoms in total. The van der Waals surface area contributed by atoms with E-state index < -0.39 is 14.4 Å². The minimum atomic E-state index is -1.95. The Bertz CT molecular complexity index is 883. The molecule has 0 unspecified atom stereocenters. The predicted octanol–water partition coefficient (Wildman–Crippen LogP) is 9.14. The molecule has 2 aliphatic rings. The molecule has 1 N–H and O–H groups in total. The summed E-state index contributed by atoms with van der Waals surface area (Å²) in [5.74, 6) is 0. The van der Waals surface area contributed by atoms with Crippen LogP contribution in [0.5, 0.6) is 0 Å². The van der Waals surface area contributed by atoms with E-state index in [2.05, 4.69) is 77.2 Å². The zero-order valence-corrected chi connectivity index (χ0v) is 28.7. The van der Waals surface area contributed by atoms with E-state index in [0.29, 0.717) is 6.61 Å². The number of allylic oxidation sites excluding steroid dienone is 2. The van der Waals surface area contributed by atoms with Crippen molar-refractivity contribution in [2.24, 2.45) is 0 Å². The van der Waals surface area contributed by atoms with Gasteiger partial charge in [0.05, 0.1) is 43.2 Å². The van der Waals surface area contributed by atoms with Gasteiger partial charge in [0.2, 0.25) is 0 Å². The molecule has 6 heteroatoms. The van der Waals surface area contributed by atoms with Crippen molar-refractivity contribution in [1.82, 2.24) is 0 Å². The molecule has 2 saturated heterocycles. The molecule has 1 aromatic carbocycles. The van der Waals surface area contributed by atoms with Crippen molar-refractivity contribution in [3.63, 3.8) is 0 Å². The van der Waals surface area contributed by atoms with E-state index in [1.807, 2.05) is 6.07 Å². The third-order valence-electron chi connectivity index (χ3n) is 9.59. The summed E-state index contributed by atoms with van der Waals surface area (Å²) < 4.78 is 26.1. The van der Waals surface area contributed by atoms with Crippen LogP contribution in [-0.4, -0.2) is 56.7 Å². The topological polar surface area (TPSA) is 57.2 Å². The summed E-state index contributed by atoms with van der Waals surface area (Å²) in [5.41, 5.74) is 1.21. The first-order chi connectivity index (χ1) is 20.1. The molecule has 6 atom stereocenters. The van der Waals surface area contributed by atoms with Crippen LogP contribution >= 0.6 is 0 Å². The molecular formula is C36H62O5Si. The van der Waals surface area contributed by atoms with Gasteiger partial charge < -0.3 is 23.7 Å². The molecule has 0 bridgehead atoms. The van der Waals surface area contributed by atoms with Crippen molar-refractivity contribution in [2.45, 2.75) is 173 Å². The summed E-state index contributed by atoms with van der Waals surface area (Å²) in [4.78, 5) is 0. The first-order valence-corrected chi connectivity index (χ1v) is 19.9. The largest absolute Gasteiger partial charge is 0.411 e. The SMILES string of the molecule is CCCCCC/C=C/CC[C@@H](O)[C@@H]1CC[C@@H]([C@@H]2CC[C@H]([C@@H](CCCOCc3ccccc3)O[Si](C)(C)C(C)(C)C)O2)O1. The van der Waals surface area contributed by atoms with Gasteiger partial charge in [0.15, 0.2) is 8.32 Å². The summed E-state index contributed by atoms with van der Waals surface area (Å²) in [6.07, 6.45) is 18.2. The highest BCUT2D eigenvalue weighted by Gasteiger charge is 2.45. The average molecular weight is 603 g/mol. The zero-order valence-electron chi connectivity index (χ0n) is 27.7. The Balaban J connectivity index is 1.44. The fourth-order valence-corrected chi connectivity index (χ4v) is 7.27. The van der Waals surface area contributed by atoms with Crippen LogP contribution in [0.1, 0.15) is 117 Å². The molecule has 0 radical (unpaired) electrons. The van der Waals surface area contributed by atoms with E-state index >= 15 is 0 Å². The number of hydrogen-bond acceptors (Lipinski definition) is 5. The molecule has 0 aromatic heterocycles. The second kappa shape index (κ2) is 18.1. The van der Waals surface area contributed by atoms with Crippen LogP contribution < -0.4 is 0 Å². The molecule has 0 amide bonds. The summed E-state index contributed by atoms with van der Waals surface area (Å²) in [6.45, 7) is 15.2. The second-order valence-corrected chi connectivity index (χ2v) is 18.9. The van der Waals surface area contributed by atoms with E-state index in [-0.39, 0.29) is 35.6 Å². The van der Waals surface area contributed by atoms with Crippen LogP contribution in [0, 0.1) is 0 Å². The predicted molar refractivity (Wildman–Crippen MR) is 176 cm³/mol. The lowest BCUT2D eigenvalue weighted by molar-refractivity contribution is -0.108. The maximum atomic E-state index is 10.8. The molecule has 3 rings (SSSR count). The van der Waals surface area contributed by atoms with Crippen LogP contribution in [0.25, 0.3) is 0 Å². The van der Waals surface area contributed by atoms with Crippen molar-refractivity contribution in [1.29, 1.82) is 0 Å². The third-order valence-corrected chi connectivity index (χ3v) is 14.1. The highest BCUT2D eigenvalue weighted by Crippen LogP contribution is 2.41. The fraction of sp³-hybridized carbons (Fsp3) is 0.778. The molecule has 42 heavy (non-hydrogen) atoms. The Morgan fingerprint density at radius 3 is 2.24 bits per heavy atom. The number of hydrogen-bond donors (Lipinski definition) is 1. The first-order valence-electron chi connectivity index (χ1n) is 17.0. The van der Waals surface area contributed by atoms with Crippen molar-refractivity contribution in [2.75, 3.05) is 6.61 Å². The normalized spacial score (nSPS) is 24.9. The molecule has 2 fully saturated rings. The van der Waals surface area contributed by atoms with Crippen molar-refractivity contribution >= 4 is 8.32 Å². The van der Waals surface area contributed by atoms with E-state index in [1.54, 1.807) is 0 Å². The van der Waals surface area contributed by atoms with E-state index in [4.69, 9.17) is 18.6 Å². The summed E-state index contributed by atoms with van der Waals surface area (Å²) in [5, 5.41) is 11.0. The lowest BCUT2D eigenvalue weighted by atomic mass is 10.0. The van der Waals surface area contributed by atoms with Gasteiger partial charge in [-0.25, -0.2) is 0 Å². The molecule has 240 valence electrons. The molecular weight excluding hydrogens is 540 g/mol. The average Bonchev–Trinajstić information content (AvgIpc) is 3.64. The quantitative estimate of drug-likeness (QED) is 0.0972. The highest BCUT2D eigenvalue weighted by molar-refractivity contribution is 6.74. The number of ether oxygens (including phenoxy) is 3. The summed E-state index contributed by atoms with van der Waals surface area (Å²) >= 11 is 0. The Morgan fingerprint density at radius 2 is 1.55 bits per heavy atom.